The molecule has 6 aromatic rings. The number of benzene rings is 4. The SMILES string of the molecule is COc1ccc([Si](C)(C)[C@H]2[C@H](CCn3cc(CCO)nn3)O[C@@]3(C(=O)N(Cc4cccc(NC(=O)Cc5c[nH]c6ccccc56)c4)c4ccc(Cl)cc43)[C@@H]2C)cc1. The minimum Gasteiger partial charge on any atom is -0.497 e. The number of aliphatic hydroxyl groups excluding tert-OH is 1. The Balaban J connectivity index is 1.09. The van der Waals surface area contributed by atoms with E-state index in [9.17, 15) is 9.90 Å². The summed E-state index contributed by atoms with van der Waals surface area (Å²) in [7, 11) is -0.709. The summed E-state index contributed by atoms with van der Waals surface area (Å²) in [5.74, 6) is 0.327. The third kappa shape index (κ3) is 7.16. The molecule has 13 heteroatoms. The van der Waals surface area contributed by atoms with Crippen molar-refractivity contribution in [3.8, 4) is 5.75 Å². The lowest BCUT2D eigenvalue weighted by Crippen LogP contribution is -2.51. The van der Waals surface area contributed by atoms with Crippen LogP contribution in [0.4, 0.5) is 11.4 Å². The first-order valence-corrected chi connectivity index (χ1v) is 22.9. The van der Waals surface area contributed by atoms with Crippen LogP contribution in [0.5, 0.6) is 5.75 Å². The van der Waals surface area contributed by atoms with Crippen molar-refractivity contribution in [2.45, 2.75) is 69.6 Å². The summed E-state index contributed by atoms with van der Waals surface area (Å²) in [4.78, 5) is 33.6. The van der Waals surface area contributed by atoms with E-state index in [1.165, 1.54) is 5.19 Å². The van der Waals surface area contributed by atoms with Crippen molar-refractivity contribution in [2.24, 2.45) is 5.92 Å². The number of hydrogen-bond donors (Lipinski definition) is 3. The zero-order valence-corrected chi connectivity index (χ0v) is 34.3. The van der Waals surface area contributed by atoms with Gasteiger partial charge in [-0.2, -0.15) is 0 Å². The normalized spacial score (nSPS) is 20.4. The monoisotopic (exact) mass is 802 g/mol. The van der Waals surface area contributed by atoms with Gasteiger partial charge in [0.05, 0.1) is 45.6 Å². The Kier molecular flexibility index (Phi) is 10.5. The highest BCUT2D eigenvalue weighted by Gasteiger charge is 2.66. The summed E-state index contributed by atoms with van der Waals surface area (Å²) in [6.07, 6.45) is 4.72. The second-order valence-electron chi connectivity index (χ2n) is 15.7. The van der Waals surface area contributed by atoms with E-state index in [0.717, 1.165) is 44.7 Å². The number of anilines is 2. The largest absolute Gasteiger partial charge is 0.497 e. The maximum atomic E-state index is 15.3. The molecule has 1 spiro atoms. The van der Waals surface area contributed by atoms with Gasteiger partial charge in [-0.05, 0) is 71.6 Å². The van der Waals surface area contributed by atoms with Crippen LogP contribution in [0.15, 0.2) is 103 Å². The van der Waals surface area contributed by atoms with Crippen LogP contribution in [0.3, 0.4) is 0 Å². The fourth-order valence-electron chi connectivity index (χ4n) is 9.24. The number of methoxy groups -OCH3 is 1. The highest BCUT2D eigenvalue weighted by molar-refractivity contribution is 6.91. The van der Waals surface area contributed by atoms with Crippen LogP contribution in [0.1, 0.15) is 35.7 Å². The standard InChI is InChI=1S/C44H47ClN6O5Si/c1-28-42(57(3,4)35-15-13-34(55-2)14-16-35)40(18-20-50-27-33(19-21-52)48-49-50)56-44(28)37-24-31(45)12-17-39(37)51(43(44)54)26-29-8-7-9-32(22-29)47-41(53)23-30-25-46-38-11-6-5-10-36(30)38/h5-17,22,24-25,27-28,40,42,46,52H,18-21,23,26H2,1-4H3,(H,47,53)/t28-,40+,42-,44+/m1/s1. The van der Waals surface area contributed by atoms with Gasteiger partial charge >= 0.3 is 0 Å². The number of hydrogen-bond acceptors (Lipinski definition) is 7. The lowest BCUT2D eigenvalue weighted by molar-refractivity contribution is -0.146. The van der Waals surface area contributed by atoms with Gasteiger partial charge in [-0.25, -0.2) is 0 Å². The molecule has 57 heavy (non-hydrogen) atoms. The lowest BCUT2D eigenvalue weighted by atomic mass is 9.82. The number of aromatic nitrogens is 4. The molecule has 294 valence electrons. The Morgan fingerprint density at radius 1 is 1.07 bits per heavy atom. The van der Waals surface area contributed by atoms with Crippen LogP contribution in [-0.2, 0) is 45.9 Å². The molecule has 0 bridgehead atoms. The number of amides is 2. The number of fused-ring (bicyclic) bond motifs is 3. The molecule has 1 fully saturated rings. The minimum absolute atomic E-state index is 0.000492. The molecule has 4 heterocycles. The van der Waals surface area contributed by atoms with Crippen LogP contribution in [0.2, 0.25) is 23.7 Å². The van der Waals surface area contributed by atoms with Gasteiger partial charge in [0, 0.05) is 65.1 Å². The van der Waals surface area contributed by atoms with Crippen molar-refractivity contribution in [2.75, 3.05) is 23.9 Å². The Hall–Kier alpha value is -5.27. The Labute approximate surface area is 338 Å². The highest BCUT2D eigenvalue weighted by Crippen LogP contribution is 2.60. The van der Waals surface area contributed by atoms with E-state index in [2.05, 4.69) is 52.8 Å². The summed E-state index contributed by atoms with van der Waals surface area (Å²) in [6.45, 7) is 7.68. The number of nitrogens with zero attached hydrogens (tertiary/aromatic N) is 4. The molecular formula is C44H47ClN6O5Si. The summed E-state index contributed by atoms with van der Waals surface area (Å²) >= 11 is 6.73. The number of rotatable bonds is 13. The fourth-order valence-corrected chi connectivity index (χ4v) is 13.5. The average Bonchev–Trinajstić information content (AvgIpc) is 3.96. The highest BCUT2D eigenvalue weighted by atomic mass is 35.5. The number of carbonyl (C=O) groups excluding carboxylic acids is 2. The first-order valence-electron chi connectivity index (χ1n) is 19.4. The van der Waals surface area contributed by atoms with Gasteiger partial charge in [0.15, 0.2) is 5.60 Å². The van der Waals surface area contributed by atoms with Gasteiger partial charge in [0.1, 0.15) is 5.75 Å². The van der Waals surface area contributed by atoms with E-state index in [-0.39, 0.29) is 48.9 Å². The summed E-state index contributed by atoms with van der Waals surface area (Å²) in [5, 5.41) is 23.9. The van der Waals surface area contributed by atoms with Gasteiger partial charge in [-0.15, -0.1) is 5.10 Å². The van der Waals surface area contributed by atoms with Crippen molar-refractivity contribution >= 4 is 59.0 Å². The molecule has 8 rings (SSSR count). The number of H-pyrrole nitrogens is 1. The second-order valence-corrected chi connectivity index (χ2v) is 20.9. The third-order valence-electron chi connectivity index (χ3n) is 12.0. The number of ether oxygens (including phenoxy) is 2. The van der Waals surface area contributed by atoms with Crippen molar-refractivity contribution in [1.82, 2.24) is 20.0 Å². The van der Waals surface area contributed by atoms with E-state index in [0.29, 0.717) is 30.1 Å². The van der Waals surface area contributed by atoms with Crippen LogP contribution >= 0.6 is 11.6 Å². The fraction of sp³-hybridized carbons (Fsp3) is 0.318. The molecule has 2 amide bonds. The van der Waals surface area contributed by atoms with Crippen LogP contribution in [-0.4, -0.2) is 64.8 Å². The van der Waals surface area contributed by atoms with E-state index in [4.69, 9.17) is 21.1 Å². The maximum absolute atomic E-state index is 15.3. The van der Waals surface area contributed by atoms with Crippen molar-refractivity contribution < 1.29 is 24.2 Å². The zero-order chi connectivity index (χ0) is 39.9. The first-order chi connectivity index (χ1) is 27.5. The number of aryl methyl sites for hydroxylation is 1. The summed E-state index contributed by atoms with van der Waals surface area (Å²) in [6, 6.07) is 29.5. The Morgan fingerprint density at radius 3 is 2.67 bits per heavy atom. The van der Waals surface area contributed by atoms with Gasteiger partial charge in [0.2, 0.25) is 5.91 Å². The molecule has 0 radical (unpaired) electrons. The number of halogens is 1. The number of nitrogens with one attached hydrogen (secondary N) is 2. The number of aromatic amines is 1. The molecule has 2 aliphatic heterocycles. The van der Waals surface area contributed by atoms with Gasteiger partial charge in [0.25, 0.3) is 5.91 Å². The van der Waals surface area contributed by atoms with Crippen LogP contribution in [0.25, 0.3) is 10.9 Å². The predicted molar refractivity (Wildman–Crippen MR) is 225 cm³/mol. The molecule has 2 aliphatic rings. The number of para-hydroxylation sites is 1. The van der Waals surface area contributed by atoms with Crippen molar-refractivity contribution in [1.29, 1.82) is 0 Å². The predicted octanol–water partition coefficient (Wildman–Crippen LogP) is 6.99. The minimum atomic E-state index is -2.38. The average molecular weight is 803 g/mol. The number of carbonyl (C=O) groups is 2. The maximum Gasteiger partial charge on any atom is 0.264 e. The van der Waals surface area contributed by atoms with E-state index in [1.54, 1.807) is 11.8 Å². The second kappa shape index (κ2) is 15.6. The van der Waals surface area contributed by atoms with Gasteiger partial charge < -0.3 is 29.8 Å². The summed E-state index contributed by atoms with van der Waals surface area (Å²) in [5.41, 5.74) is 4.44. The van der Waals surface area contributed by atoms with E-state index in [1.807, 2.05) is 96.2 Å². The lowest BCUT2D eigenvalue weighted by Gasteiger charge is -2.37. The van der Waals surface area contributed by atoms with Gasteiger partial charge in [-0.1, -0.05) is 84.5 Å². The molecule has 1 saturated heterocycles. The van der Waals surface area contributed by atoms with Gasteiger partial charge in [-0.3, -0.25) is 14.3 Å². The van der Waals surface area contributed by atoms with Crippen LogP contribution in [0, 0.1) is 5.92 Å². The van der Waals surface area contributed by atoms with E-state index < -0.39 is 13.7 Å². The zero-order valence-electron chi connectivity index (χ0n) is 32.5. The topological polar surface area (TPSA) is 135 Å². The number of aliphatic hydroxyl groups is 1. The quantitative estimate of drug-likeness (QED) is 0.107. The molecule has 11 nitrogen and oxygen atoms in total. The first kappa shape index (κ1) is 38.6. The molecular weight excluding hydrogens is 756 g/mol. The smallest absolute Gasteiger partial charge is 0.264 e. The summed E-state index contributed by atoms with van der Waals surface area (Å²) < 4.78 is 14.6. The Bertz CT molecular complexity index is 2430. The van der Waals surface area contributed by atoms with Crippen molar-refractivity contribution in [3.63, 3.8) is 0 Å². The van der Waals surface area contributed by atoms with Crippen molar-refractivity contribution in [3.05, 3.63) is 131 Å². The molecule has 4 atom stereocenters. The van der Waals surface area contributed by atoms with E-state index >= 15 is 4.79 Å². The molecule has 4 aromatic carbocycles. The molecule has 0 saturated carbocycles. The third-order valence-corrected chi connectivity index (χ3v) is 16.6. The molecule has 0 unspecified atom stereocenters. The van der Waals surface area contributed by atoms with Crippen LogP contribution < -0.4 is 20.1 Å². The molecule has 3 N–H and O–H groups in total. The Morgan fingerprint density at radius 2 is 1.88 bits per heavy atom. The molecule has 0 aliphatic carbocycles. The molecule has 2 aromatic heterocycles.